The molecule has 8 nitrogen and oxygen atoms in total. The van der Waals surface area contributed by atoms with E-state index >= 15 is 0 Å². The molecule has 0 amide bonds. The third kappa shape index (κ3) is 1.24. The lowest BCUT2D eigenvalue weighted by molar-refractivity contribution is -0.383. The molecule has 0 fully saturated rings. The fourth-order valence-electron chi connectivity index (χ4n) is 1.41. The minimum Gasteiger partial charge on any atom is -0.332 e. The van der Waals surface area contributed by atoms with Crippen molar-refractivity contribution < 1.29 is 4.92 Å². The number of H-pyrrole nitrogens is 1. The number of nitrogens with two attached hydrogens (primary N) is 1. The molecule has 1 aromatic carbocycles. The van der Waals surface area contributed by atoms with Gasteiger partial charge in [-0.2, -0.15) is 4.68 Å². The number of nitro benzene ring substituents is 1. The zero-order valence-electron chi connectivity index (χ0n) is 7.84. The van der Waals surface area contributed by atoms with Gasteiger partial charge in [0, 0.05) is 6.07 Å². The minimum absolute atomic E-state index is 0.0888. The highest BCUT2D eigenvalue weighted by atomic mass is 16.6. The fourth-order valence-corrected chi connectivity index (χ4v) is 1.41. The van der Waals surface area contributed by atoms with Crippen LogP contribution in [0.15, 0.2) is 27.8 Å². The van der Waals surface area contributed by atoms with Gasteiger partial charge in [-0.25, -0.2) is 4.79 Å². The molecule has 0 radical (unpaired) electrons. The molecule has 1 heterocycles. The summed E-state index contributed by atoms with van der Waals surface area (Å²) in [4.78, 5) is 35.0. The fraction of sp³-hybridized carbons (Fsp3) is 0. The van der Waals surface area contributed by atoms with E-state index in [1.165, 1.54) is 18.2 Å². The van der Waals surface area contributed by atoms with Crippen LogP contribution in [0.4, 0.5) is 5.69 Å². The van der Waals surface area contributed by atoms with Crippen molar-refractivity contribution in [2.75, 3.05) is 5.84 Å². The third-order valence-corrected chi connectivity index (χ3v) is 2.13. The van der Waals surface area contributed by atoms with Gasteiger partial charge in [0.15, 0.2) is 0 Å². The quantitative estimate of drug-likeness (QED) is 0.375. The van der Waals surface area contributed by atoms with E-state index in [9.17, 15) is 19.7 Å². The van der Waals surface area contributed by atoms with Gasteiger partial charge in [-0.1, -0.05) is 6.07 Å². The van der Waals surface area contributed by atoms with Crippen LogP contribution in [0.2, 0.25) is 0 Å². The first-order valence-corrected chi connectivity index (χ1v) is 4.20. The van der Waals surface area contributed by atoms with Crippen molar-refractivity contribution in [1.29, 1.82) is 0 Å². The van der Waals surface area contributed by atoms with Crippen molar-refractivity contribution in [2.24, 2.45) is 0 Å². The molecule has 0 saturated carbocycles. The van der Waals surface area contributed by atoms with Gasteiger partial charge in [-0.05, 0) is 6.07 Å². The molecule has 0 aliphatic rings. The molecule has 1 aromatic heterocycles. The number of rotatable bonds is 1. The largest absolute Gasteiger partial charge is 0.347 e. The van der Waals surface area contributed by atoms with E-state index in [1.807, 2.05) is 0 Å². The predicted molar refractivity (Wildman–Crippen MR) is 55.6 cm³/mol. The summed E-state index contributed by atoms with van der Waals surface area (Å²) in [6.07, 6.45) is 0. The maximum absolute atomic E-state index is 11.6. The summed E-state index contributed by atoms with van der Waals surface area (Å²) in [5, 5.41) is 10.5. The maximum Gasteiger partial charge on any atom is 0.347 e. The van der Waals surface area contributed by atoms with Gasteiger partial charge >= 0.3 is 5.69 Å². The topological polar surface area (TPSA) is 124 Å². The van der Waals surface area contributed by atoms with Gasteiger partial charge < -0.3 is 10.8 Å². The lowest BCUT2D eigenvalue weighted by atomic mass is 10.2. The number of nitrogen functional groups attached to an aromatic ring is 1. The van der Waals surface area contributed by atoms with Gasteiger partial charge in [0.1, 0.15) is 5.39 Å². The average molecular weight is 222 g/mol. The van der Waals surface area contributed by atoms with Crippen LogP contribution >= 0.6 is 0 Å². The first-order valence-electron chi connectivity index (χ1n) is 4.20. The average Bonchev–Trinajstić information content (AvgIpc) is 2.25. The number of benzene rings is 1. The Kier molecular flexibility index (Phi) is 1.97. The van der Waals surface area contributed by atoms with Crippen molar-refractivity contribution >= 4 is 16.6 Å². The Morgan fingerprint density at radius 3 is 2.69 bits per heavy atom. The molecule has 0 bridgehead atoms. The minimum atomic E-state index is -0.897. The highest BCUT2D eigenvalue weighted by Gasteiger charge is 2.17. The molecule has 0 spiro atoms. The van der Waals surface area contributed by atoms with Gasteiger partial charge in [0.05, 0.1) is 10.4 Å². The maximum atomic E-state index is 11.6. The molecule has 2 rings (SSSR count). The number of aromatic nitrogens is 2. The van der Waals surface area contributed by atoms with E-state index in [-0.39, 0.29) is 10.9 Å². The van der Waals surface area contributed by atoms with Crippen molar-refractivity contribution in [1.82, 2.24) is 9.66 Å². The summed E-state index contributed by atoms with van der Waals surface area (Å²) in [5.41, 5.74) is -2.02. The normalized spacial score (nSPS) is 10.5. The highest BCUT2D eigenvalue weighted by Crippen LogP contribution is 2.18. The van der Waals surface area contributed by atoms with Gasteiger partial charge in [0.2, 0.25) is 0 Å². The first kappa shape index (κ1) is 9.90. The third-order valence-electron chi connectivity index (χ3n) is 2.13. The lowest BCUT2D eigenvalue weighted by Crippen LogP contribution is -2.40. The van der Waals surface area contributed by atoms with Crippen LogP contribution in [0, 0.1) is 10.1 Å². The van der Waals surface area contributed by atoms with Crippen LogP contribution in [-0.2, 0) is 0 Å². The van der Waals surface area contributed by atoms with E-state index in [0.29, 0.717) is 4.68 Å². The molecule has 3 N–H and O–H groups in total. The smallest absolute Gasteiger partial charge is 0.332 e. The Morgan fingerprint density at radius 2 is 2.06 bits per heavy atom. The second-order valence-corrected chi connectivity index (χ2v) is 3.06. The van der Waals surface area contributed by atoms with Crippen molar-refractivity contribution in [3.63, 3.8) is 0 Å². The van der Waals surface area contributed by atoms with Gasteiger partial charge in [-0.3, -0.25) is 14.9 Å². The second-order valence-electron chi connectivity index (χ2n) is 3.06. The van der Waals surface area contributed by atoms with Crippen LogP contribution < -0.4 is 17.1 Å². The Morgan fingerprint density at radius 1 is 1.38 bits per heavy atom. The standard InChI is InChI=1S/C8H6N4O4/c9-11-7(13)6-4(10-8(11)14)2-1-3-5(6)12(15)16/h1-3H,9H2,(H,10,14). The summed E-state index contributed by atoms with van der Waals surface area (Å²) < 4.78 is 0.301. The monoisotopic (exact) mass is 222 g/mol. The van der Waals surface area contributed by atoms with Gasteiger partial charge in [-0.15, -0.1) is 0 Å². The molecule has 0 aliphatic carbocycles. The Bertz CT molecular complexity index is 699. The molecular formula is C8H6N4O4. The molecule has 0 atom stereocenters. The van der Waals surface area contributed by atoms with E-state index in [2.05, 4.69) is 4.98 Å². The van der Waals surface area contributed by atoms with Crippen LogP contribution in [0.5, 0.6) is 0 Å². The summed E-state index contributed by atoms with van der Waals surface area (Å²) in [6.45, 7) is 0. The van der Waals surface area contributed by atoms with E-state index in [1.54, 1.807) is 0 Å². The molecule has 2 aromatic rings. The molecule has 0 aliphatic heterocycles. The van der Waals surface area contributed by atoms with E-state index < -0.39 is 21.9 Å². The Hall–Kier alpha value is -2.64. The number of non-ortho nitro benzene ring substituents is 1. The second kappa shape index (κ2) is 3.19. The van der Waals surface area contributed by atoms with Crippen LogP contribution in [0.1, 0.15) is 0 Å². The van der Waals surface area contributed by atoms with Gasteiger partial charge in [0.25, 0.3) is 11.2 Å². The molecule has 82 valence electrons. The molecule has 16 heavy (non-hydrogen) atoms. The Labute approximate surface area is 87.0 Å². The Balaban J connectivity index is 3.10. The van der Waals surface area contributed by atoms with Crippen molar-refractivity contribution in [3.8, 4) is 0 Å². The summed E-state index contributed by atoms with van der Waals surface area (Å²) in [7, 11) is 0. The summed E-state index contributed by atoms with van der Waals surface area (Å²) in [6, 6.07) is 3.93. The van der Waals surface area contributed by atoms with Crippen LogP contribution in [0.25, 0.3) is 10.9 Å². The van der Waals surface area contributed by atoms with Crippen LogP contribution in [0.3, 0.4) is 0 Å². The van der Waals surface area contributed by atoms with Crippen molar-refractivity contribution in [2.45, 2.75) is 0 Å². The van der Waals surface area contributed by atoms with E-state index in [0.717, 1.165) is 0 Å². The number of hydrogen-bond donors (Lipinski definition) is 2. The lowest BCUT2D eigenvalue weighted by Gasteiger charge is -2.00. The number of nitrogens with zero attached hydrogens (tertiary/aromatic N) is 2. The molecule has 8 heteroatoms. The van der Waals surface area contributed by atoms with Crippen molar-refractivity contribution in [3.05, 3.63) is 49.2 Å². The first-order chi connectivity index (χ1) is 7.52. The number of fused-ring (bicyclic) bond motifs is 1. The number of aromatic amines is 1. The zero-order chi connectivity index (χ0) is 11.9. The number of nitro groups is 1. The number of nitrogens with one attached hydrogen (secondary N) is 1. The summed E-state index contributed by atoms with van der Waals surface area (Å²) >= 11 is 0. The number of hydrogen-bond acceptors (Lipinski definition) is 5. The summed E-state index contributed by atoms with van der Waals surface area (Å²) in [5.74, 6) is 5.15. The molecule has 0 unspecified atom stereocenters. The van der Waals surface area contributed by atoms with E-state index in [4.69, 9.17) is 5.84 Å². The highest BCUT2D eigenvalue weighted by molar-refractivity contribution is 5.86. The molecular weight excluding hydrogens is 216 g/mol. The predicted octanol–water partition coefficient (Wildman–Crippen LogP) is -0.688. The molecule has 0 saturated heterocycles. The zero-order valence-corrected chi connectivity index (χ0v) is 7.84. The SMILES string of the molecule is Nn1c(=O)[nH]c2cccc([N+](=O)[O-])c2c1=O. The van der Waals surface area contributed by atoms with Crippen LogP contribution in [-0.4, -0.2) is 14.6 Å².